The van der Waals surface area contributed by atoms with E-state index in [9.17, 15) is 22.8 Å². The summed E-state index contributed by atoms with van der Waals surface area (Å²) in [6.45, 7) is 0. The van der Waals surface area contributed by atoms with Crippen molar-refractivity contribution < 1.29 is 17.6 Å². The van der Waals surface area contributed by atoms with E-state index in [-0.39, 0.29) is 16.8 Å². The minimum absolute atomic E-state index is 0.125. The van der Waals surface area contributed by atoms with Crippen molar-refractivity contribution in [2.24, 2.45) is 4.40 Å². The molecule has 0 aliphatic carbocycles. The first-order chi connectivity index (χ1) is 14.7. The summed E-state index contributed by atoms with van der Waals surface area (Å²) in [5, 5.41) is 12.4. The van der Waals surface area contributed by atoms with Crippen LogP contribution in [0.25, 0.3) is 5.69 Å². The number of nitriles is 1. The number of alkyl halides is 3. The van der Waals surface area contributed by atoms with Crippen molar-refractivity contribution in [1.82, 2.24) is 14.8 Å². The summed E-state index contributed by atoms with van der Waals surface area (Å²) in [6, 6.07) is 8.37. The maximum absolute atomic E-state index is 14.2. The zero-order valence-electron chi connectivity index (χ0n) is 15.2. The lowest BCUT2D eigenvalue weighted by Crippen LogP contribution is -2.38. The molecule has 12 heteroatoms. The van der Waals surface area contributed by atoms with Gasteiger partial charge in [-0.2, -0.15) is 23.5 Å². The number of halogens is 6. The Labute approximate surface area is 187 Å². The van der Waals surface area contributed by atoms with Crippen molar-refractivity contribution in [1.29, 1.82) is 5.26 Å². The monoisotopic (exact) mass is 485 g/mol. The first-order valence-electron chi connectivity index (χ1n) is 8.52. The Kier molecular flexibility index (Phi) is 5.45. The molecule has 0 saturated carbocycles. The maximum Gasteiger partial charge on any atom is 0.409 e. The van der Waals surface area contributed by atoms with Gasteiger partial charge in [-0.15, -0.1) is 0 Å². The van der Waals surface area contributed by atoms with Gasteiger partial charge in [-0.3, -0.25) is 0 Å². The highest BCUT2D eigenvalue weighted by atomic mass is 35.5. The lowest BCUT2D eigenvalue weighted by Gasteiger charge is -2.30. The molecule has 0 bridgehead atoms. The Balaban J connectivity index is 1.75. The van der Waals surface area contributed by atoms with Crippen LogP contribution in [0.5, 0.6) is 0 Å². The molecule has 5 nitrogen and oxygen atoms in total. The van der Waals surface area contributed by atoms with Crippen LogP contribution in [0.1, 0.15) is 23.1 Å². The Morgan fingerprint density at radius 1 is 1.16 bits per heavy atom. The zero-order chi connectivity index (χ0) is 22.4. The smallest absolute Gasteiger partial charge is 0.223 e. The van der Waals surface area contributed by atoms with Gasteiger partial charge in [-0.05, 0) is 47.3 Å². The quantitative estimate of drug-likeness (QED) is 0.263. The minimum atomic E-state index is -4.74. The Hall–Kier alpha value is -2.61. The molecule has 158 valence electrons. The predicted molar refractivity (Wildman–Crippen MR) is 109 cm³/mol. The summed E-state index contributed by atoms with van der Waals surface area (Å²) in [6.07, 6.45) is -2.60. The number of rotatable bonds is 3. The summed E-state index contributed by atoms with van der Waals surface area (Å²) >= 11 is 11.8. The van der Waals surface area contributed by atoms with Crippen molar-refractivity contribution in [2.75, 3.05) is 0 Å². The van der Waals surface area contributed by atoms with Gasteiger partial charge in [-0.25, -0.2) is 18.5 Å². The van der Waals surface area contributed by atoms with Crippen molar-refractivity contribution in [3.63, 3.8) is 0 Å². The second-order valence-electron chi connectivity index (χ2n) is 6.57. The maximum atomic E-state index is 14.2. The van der Waals surface area contributed by atoms with E-state index in [0.29, 0.717) is 23.2 Å². The van der Waals surface area contributed by atoms with Crippen LogP contribution in [-0.2, 0) is 4.75 Å². The second kappa shape index (κ2) is 7.82. The highest BCUT2D eigenvalue weighted by molar-refractivity contribution is 7.99. The summed E-state index contributed by atoms with van der Waals surface area (Å²) in [5.74, 6) is -0.990. The average Bonchev–Trinajstić information content (AvgIpc) is 3.41. The van der Waals surface area contributed by atoms with E-state index in [1.807, 2.05) is 6.07 Å². The van der Waals surface area contributed by atoms with Crippen LogP contribution in [0, 0.1) is 17.1 Å². The first-order valence-corrected chi connectivity index (χ1v) is 10.1. The van der Waals surface area contributed by atoms with Gasteiger partial charge in [0.15, 0.2) is 10.6 Å². The number of hydrogen-bond donors (Lipinski definition) is 0. The normalized spacial score (nSPS) is 18.7. The molecular weight excluding hydrogens is 477 g/mol. The SMILES string of the molecule is N#Cc1cc(C2=NSC(c3cc(Cl)c(F)c(Cl)c3)(C(F)(F)F)C2)ccc1-n1cncn1. The zero-order valence-corrected chi connectivity index (χ0v) is 17.5. The number of benzene rings is 2. The van der Waals surface area contributed by atoms with Crippen LogP contribution >= 0.6 is 35.1 Å². The third-order valence-electron chi connectivity index (χ3n) is 4.75. The van der Waals surface area contributed by atoms with E-state index in [2.05, 4.69) is 14.5 Å². The molecule has 2 heterocycles. The van der Waals surface area contributed by atoms with Gasteiger partial charge < -0.3 is 0 Å². The molecule has 1 aliphatic rings. The van der Waals surface area contributed by atoms with Gasteiger partial charge in [0, 0.05) is 6.42 Å². The summed E-state index contributed by atoms with van der Waals surface area (Å²) in [7, 11) is 0. The van der Waals surface area contributed by atoms with Gasteiger partial charge in [0.25, 0.3) is 0 Å². The molecule has 0 spiro atoms. The summed E-state index contributed by atoms with van der Waals surface area (Å²) in [4.78, 5) is 3.82. The number of aromatic nitrogens is 3. The van der Waals surface area contributed by atoms with Crippen LogP contribution in [-0.4, -0.2) is 26.7 Å². The molecule has 0 fully saturated rings. The fourth-order valence-corrected chi connectivity index (χ4v) is 4.64. The molecule has 1 atom stereocenters. The Morgan fingerprint density at radius 2 is 1.87 bits per heavy atom. The van der Waals surface area contributed by atoms with E-state index in [1.54, 1.807) is 12.1 Å². The molecule has 0 saturated heterocycles. The van der Waals surface area contributed by atoms with Crippen molar-refractivity contribution in [3.05, 3.63) is 75.5 Å². The number of nitrogens with zero attached hydrogens (tertiary/aromatic N) is 5. The minimum Gasteiger partial charge on any atom is -0.223 e. The Morgan fingerprint density at radius 3 is 2.45 bits per heavy atom. The second-order valence-corrected chi connectivity index (χ2v) is 8.44. The van der Waals surface area contributed by atoms with Crippen molar-refractivity contribution in [3.8, 4) is 11.8 Å². The molecule has 3 aromatic rings. The molecule has 0 amide bonds. The van der Waals surface area contributed by atoms with Crippen molar-refractivity contribution in [2.45, 2.75) is 17.3 Å². The molecule has 0 N–H and O–H groups in total. The van der Waals surface area contributed by atoms with Gasteiger partial charge in [0.2, 0.25) is 0 Å². The lowest BCUT2D eigenvalue weighted by molar-refractivity contribution is -0.159. The predicted octanol–water partition coefficient (Wildman–Crippen LogP) is 5.88. The molecule has 4 rings (SSSR count). The fraction of sp³-hybridized carbons (Fsp3) is 0.158. The fourth-order valence-electron chi connectivity index (χ4n) is 3.18. The molecule has 31 heavy (non-hydrogen) atoms. The molecular formula is C19H9Cl2F4N5S. The van der Waals surface area contributed by atoms with Crippen LogP contribution in [0.4, 0.5) is 17.6 Å². The third kappa shape index (κ3) is 3.67. The van der Waals surface area contributed by atoms with Crippen molar-refractivity contribution >= 4 is 40.9 Å². The van der Waals surface area contributed by atoms with Crippen LogP contribution < -0.4 is 0 Å². The van der Waals surface area contributed by atoms with E-state index in [4.69, 9.17) is 23.2 Å². The van der Waals surface area contributed by atoms with Gasteiger partial charge in [-0.1, -0.05) is 29.3 Å². The average molecular weight is 486 g/mol. The molecule has 2 aromatic carbocycles. The summed E-state index contributed by atoms with van der Waals surface area (Å²) in [5.41, 5.74) is 0.779. The summed E-state index contributed by atoms with van der Waals surface area (Å²) < 4.78 is 59.3. The van der Waals surface area contributed by atoms with Gasteiger partial charge in [0.1, 0.15) is 18.7 Å². The number of hydrogen-bond acceptors (Lipinski definition) is 5. The van der Waals surface area contributed by atoms with E-state index in [0.717, 1.165) is 12.1 Å². The molecule has 1 unspecified atom stereocenters. The topological polar surface area (TPSA) is 66.9 Å². The molecule has 0 radical (unpaired) electrons. The largest absolute Gasteiger partial charge is 0.409 e. The van der Waals surface area contributed by atoms with Crippen LogP contribution in [0.15, 0.2) is 47.4 Å². The first kappa shape index (κ1) is 21.6. The highest BCUT2D eigenvalue weighted by Crippen LogP contribution is 2.57. The van der Waals surface area contributed by atoms with Crippen LogP contribution in [0.3, 0.4) is 0 Å². The molecule has 1 aliphatic heterocycles. The molecule has 1 aromatic heterocycles. The third-order valence-corrected chi connectivity index (χ3v) is 6.54. The van der Waals surface area contributed by atoms with E-state index < -0.39 is 33.2 Å². The highest BCUT2D eigenvalue weighted by Gasteiger charge is 2.60. The van der Waals surface area contributed by atoms with Crippen LogP contribution in [0.2, 0.25) is 10.0 Å². The van der Waals surface area contributed by atoms with Gasteiger partial charge in [0.05, 0.1) is 27.0 Å². The standard InChI is InChI=1S/C19H9Cl2F4N5S/c20-13-4-12(5-14(21)17(13)22)18(19(23,24)25)6-15(29-31-18)10-1-2-16(11(3-10)7-26)30-9-27-8-28-30/h1-5,8-9H,6H2. The lowest BCUT2D eigenvalue weighted by atomic mass is 9.89. The van der Waals surface area contributed by atoms with Gasteiger partial charge >= 0.3 is 6.18 Å². The Bertz CT molecular complexity index is 1210. The van der Waals surface area contributed by atoms with E-state index >= 15 is 0 Å². The van der Waals surface area contributed by atoms with E-state index in [1.165, 1.54) is 23.4 Å².